The van der Waals surface area contributed by atoms with Crippen molar-refractivity contribution >= 4 is 21.8 Å². The summed E-state index contributed by atoms with van der Waals surface area (Å²) in [7, 11) is 0. The largest absolute Gasteiger partial charge is 0.339 e. The van der Waals surface area contributed by atoms with E-state index in [9.17, 15) is 4.79 Å². The molecule has 0 N–H and O–H groups in total. The van der Waals surface area contributed by atoms with E-state index in [-0.39, 0.29) is 0 Å². The number of unbranched alkanes of at least 4 members (excludes halogenated alkanes) is 5. The number of hydrogen-bond donors (Lipinski definition) is 0. The van der Waals surface area contributed by atoms with Crippen LogP contribution in [0.25, 0.3) is 0 Å². The molecule has 0 fully saturated rings. The fourth-order valence-corrected chi connectivity index (χ4v) is 2.34. The van der Waals surface area contributed by atoms with Gasteiger partial charge in [0.2, 0.25) is 5.91 Å². The molecule has 0 radical (unpaired) electrons. The van der Waals surface area contributed by atoms with Gasteiger partial charge in [-0.15, -0.1) is 0 Å². The summed E-state index contributed by atoms with van der Waals surface area (Å²) in [6.45, 7) is 7.22. The molecule has 0 aromatic heterocycles. The third-order valence-electron chi connectivity index (χ3n) is 3.01. The first-order chi connectivity index (χ1) is 8.13. The Kier molecular flexibility index (Phi) is 11.0. The highest BCUT2D eigenvalue weighted by Gasteiger charge is 2.15. The summed E-state index contributed by atoms with van der Waals surface area (Å²) in [5, 5.41) is 0.868. The first-order valence-corrected chi connectivity index (χ1v) is 8.11. The minimum Gasteiger partial charge on any atom is -0.339 e. The number of carbonyl (C=O) groups is 1. The molecule has 1 amide bonds. The highest BCUT2D eigenvalue weighted by atomic mass is 79.9. The normalized spacial score (nSPS) is 10.9. The number of hydrogen-bond acceptors (Lipinski definition) is 1. The number of amides is 1. The van der Waals surface area contributed by atoms with Crippen LogP contribution in [0.5, 0.6) is 0 Å². The molecular weight excluding hydrogens is 278 g/mol. The predicted molar refractivity (Wildman–Crippen MR) is 78.6 cm³/mol. The zero-order valence-electron chi connectivity index (χ0n) is 11.7. The molecular formula is C14H28BrNO. The second-order valence-corrected chi connectivity index (χ2v) is 5.68. The van der Waals surface area contributed by atoms with Crippen molar-refractivity contribution in [3.05, 3.63) is 0 Å². The molecule has 3 heteroatoms. The van der Waals surface area contributed by atoms with Gasteiger partial charge in [-0.2, -0.15) is 0 Å². The lowest BCUT2D eigenvalue weighted by Gasteiger charge is -2.26. The van der Waals surface area contributed by atoms with Crippen molar-refractivity contribution in [3.63, 3.8) is 0 Å². The van der Waals surface area contributed by atoms with Crippen LogP contribution in [-0.4, -0.2) is 28.7 Å². The lowest BCUT2D eigenvalue weighted by atomic mass is 10.1. The van der Waals surface area contributed by atoms with E-state index in [1.54, 1.807) is 0 Å². The van der Waals surface area contributed by atoms with Gasteiger partial charge < -0.3 is 4.90 Å². The van der Waals surface area contributed by atoms with E-state index >= 15 is 0 Å². The molecule has 0 aliphatic heterocycles. The maximum absolute atomic E-state index is 12.0. The highest BCUT2D eigenvalue weighted by molar-refractivity contribution is 9.09. The summed E-state index contributed by atoms with van der Waals surface area (Å²) in [6, 6.07) is 0.320. The van der Waals surface area contributed by atoms with E-state index in [1.165, 1.54) is 32.1 Å². The summed E-state index contributed by atoms with van der Waals surface area (Å²) in [5.74, 6) is 0.315. The SMILES string of the molecule is CCCCCCCCC(=O)N(CCBr)C(C)C. The van der Waals surface area contributed by atoms with Crippen LogP contribution in [-0.2, 0) is 4.79 Å². The molecule has 0 saturated heterocycles. The van der Waals surface area contributed by atoms with E-state index in [2.05, 4.69) is 36.7 Å². The van der Waals surface area contributed by atoms with Gasteiger partial charge >= 0.3 is 0 Å². The van der Waals surface area contributed by atoms with E-state index < -0.39 is 0 Å². The average Bonchev–Trinajstić information content (AvgIpc) is 2.29. The Balaban J connectivity index is 3.67. The molecule has 0 bridgehead atoms. The predicted octanol–water partition coefficient (Wildman–Crippen LogP) is 4.37. The van der Waals surface area contributed by atoms with E-state index in [0.29, 0.717) is 11.9 Å². The van der Waals surface area contributed by atoms with Crippen molar-refractivity contribution in [3.8, 4) is 0 Å². The molecule has 0 aromatic carbocycles. The molecule has 0 heterocycles. The standard InChI is InChI=1S/C14H28BrNO/c1-4-5-6-7-8-9-10-14(17)16(12-11-15)13(2)3/h13H,4-12H2,1-3H3. The second kappa shape index (κ2) is 11.1. The molecule has 2 nitrogen and oxygen atoms in total. The summed E-state index contributed by atoms with van der Waals surface area (Å²) in [4.78, 5) is 13.9. The molecule has 0 atom stereocenters. The summed E-state index contributed by atoms with van der Waals surface area (Å²) in [5.41, 5.74) is 0. The number of halogens is 1. The lowest BCUT2D eigenvalue weighted by molar-refractivity contribution is -0.132. The van der Waals surface area contributed by atoms with Gasteiger partial charge in [0.05, 0.1) is 0 Å². The van der Waals surface area contributed by atoms with Gasteiger partial charge in [-0.25, -0.2) is 0 Å². The summed E-state index contributed by atoms with van der Waals surface area (Å²) in [6.07, 6.45) is 8.18. The van der Waals surface area contributed by atoms with Crippen LogP contribution in [0.2, 0.25) is 0 Å². The van der Waals surface area contributed by atoms with Gasteiger partial charge in [0.15, 0.2) is 0 Å². The Hall–Kier alpha value is -0.0500. The summed E-state index contributed by atoms with van der Waals surface area (Å²) >= 11 is 3.40. The van der Waals surface area contributed by atoms with Gasteiger partial charge in [0, 0.05) is 24.3 Å². The van der Waals surface area contributed by atoms with Gasteiger partial charge in [-0.1, -0.05) is 55.0 Å². The second-order valence-electron chi connectivity index (χ2n) is 4.89. The van der Waals surface area contributed by atoms with Crippen molar-refractivity contribution in [2.45, 2.75) is 71.8 Å². The lowest BCUT2D eigenvalue weighted by Crippen LogP contribution is -2.38. The topological polar surface area (TPSA) is 20.3 Å². The molecule has 0 aliphatic rings. The molecule has 0 rings (SSSR count). The van der Waals surface area contributed by atoms with Crippen molar-refractivity contribution in [1.29, 1.82) is 0 Å². The third kappa shape index (κ3) is 8.64. The highest BCUT2D eigenvalue weighted by Crippen LogP contribution is 2.10. The molecule has 0 unspecified atom stereocenters. The molecule has 0 spiro atoms. The molecule has 17 heavy (non-hydrogen) atoms. The number of nitrogens with zero attached hydrogens (tertiary/aromatic N) is 1. The van der Waals surface area contributed by atoms with Crippen LogP contribution >= 0.6 is 15.9 Å². The Bertz CT molecular complexity index is 195. The van der Waals surface area contributed by atoms with Crippen molar-refractivity contribution in [2.75, 3.05) is 11.9 Å². The van der Waals surface area contributed by atoms with Crippen LogP contribution < -0.4 is 0 Å². The number of rotatable bonds is 10. The third-order valence-corrected chi connectivity index (χ3v) is 3.37. The first-order valence-electron chi connectivity index (χ1n) is 6.98. The van der Waals surface area contributed by atoms with Crippen molar-refractivity contribution in [1.82, 2.24) is 4.90 Å². The molecule has 0 aromatic rings. The van der Waals surface area contributed by atoms with Crippen LogP contribution in [0.15, 0.2) is 0 Å². The van der Waals surface area contributed by atoms with Crippen LogP contribution in [0.4, 0.5) is 0 Å². The quantitative estimate of drug-likeness (QED) is 0.433. The van der Waals surface area contributed by atoms with Gasteiger partial charge in [-0.3, -0.25) is 4.79 Å². The van der Waals surface area contributed by atoms with Crippen molar-refractivity contribution in [2.24, 2.45) is 0 Å². The minimum absolute atomic E-state index is 0.315. The smallest absolute Gasteiger partial charge is 0.222 e. The van der Waals surface area contributed by atoms with Gasteiger partial charge in [-0.05, 0) is 20.3 Å². The van der Waals surface area contributed by atoms with Gasteiger partial charge in [0.1, 0.15) is 0 Å². The zero-order chi connectivity index (χ0) is 13.1. The molecule has 102 valence electrons. The Morgan fingerprint density at radius 3 is 2.24 bits per heavy atom. The maximum atomic E-state index is 12.0. The Morgan fingerprint density at radius 2 is 1.71 bits per heavy atom. The number of carbonyl (C=O) groups excluding carboxylic acids is 1. The van der Waals surface area contributed by atoms with Crippen LogP contribution in [0.3, 0.4) is 0 Å². The first kappa shape index (κ1) is 16.9. The van der Waals surface area contributed by atoms with Crippen LogP contribution in [0.1, 0.15) is 65.7 Å². The molecule has 0 saturated carbocycles. The van der Waals surface area contributed by atoms with E-state index in [4.69, 9.17) is 0 Å². The van der Waals surface area contributed by atoms with Crippen LogP contribution in [0, 0.1) is 0 Å². The minimum atomic E-state index is 0.315. The van der Waals surface area contributed by atoms with Gasteiger partial charge in [0.25, 0.3) is 0 Å². The monoisotopic (exact) mass is 305 g/mol. The molecule has 0 aliphatic carbocycles. The summed E-state index contributed by atoms with van der Waals surface area (Å²) < 4.78 is 0. The fraction of sp³-hybridized carbons (Fsp3) is 0.929. The van der Waals surface area contributed by atoms with Crippen molar-refractivity contribution < 1.29 is 4.79 Å². The fourth-order valence-electron chi connectivity index (χ4n) is 1.96. The van der Waals surface area contributed by atoms with E-state index in [0.717, 1.165) is 24.7 Å². The Labute approximate surface area is 115 Å². The average molecular weight is 306 g/mol. The Morgan fingerprint density at radius 1 is 1.12 bits per heavy atom. The number of alkyl halides is 1. The zero-order valence-corrected chi connectivity index (χ0v) is 13.3. The maximum Gasteiger partial charge on any atom is 0.222 e. The van der Waals surface area contributed by atoms with E-state index in [1.807, 2.05) is 4.90 Å².